The topological polar surface area (TPSA) is 52.7 Å². The highest BCUT2D eigenvalue weighted by molar-refractivity contribution is 6.07. The molecular weight excluding hydrogens is 350 g/mol. The molecule has 5 nitrogen and oxygen atoms in total. The van der Waals surface area contributed by atoms with Crippen molar-refractivity contribution in [2.45, 2.75) is 38.6 Å². The molecule has 2 aromatic carbocycles. The van der Waals surface area contributed by atoms with Crippen molar-refractivity contribution in [2.75, 3.05) is 29.9 Å². The summed E-state index contributed by atoms with van der Waals surface area (Å²) in [6, 6.07) is 14.0. The van der Waals surface area contributed by atoms with Crippen LogP contribution in [0.3, 0.4) is 0 Å². The number of fused-ring (bicyclic) bond motifs is 3. The minimum absolute atomic E-state index is 0.0552. The van der Waals surface area contributed by atoms with Gasteiger partial charge in [0.2, 0.25) is 5.91 Å². The summed E-state index contributed by atoms with van der Waals surface area (Å²) < 4.78 is 0. The Morgan fingerprint density at radius 3 is 2.68 bits per heavy atom. The molecule has 0 radical (unpaired) electrons. The number of hydrogen-bond acceptors (Lipinski definition) is 3. The van der Waals surface area contributed by atoms with Crippen molar-refractivity contribution in [1.29, 1.82) is 0 Å². The molecule has 0 unspecified atom stereocenters. The van der Waals surface area contributed by atoms with E-state index in [0.717, 1.165) is 43.6 Å². The molecule has 0 aliphatic carbocycles. The predicted octanol–water partition coefficient (Wildman–Crippen LogP) is 3.30. The van der Waals surface area contributed by atoms with Crippen molar-refractivity contribution in [2.24, 2.45) is 0 Å². The molecule has 1 N–H and O–H groups in total. The molecule has 4 rings (SSSR count). The molecular formula is C23H27N3O2. The summed E-state index contributed by atoms with van der Waals surface area (Å²) in [5.74, 6) is 0.0284. The number of carbonyl (C=O) groups excluding carboxylic acids is 2. The highest BCUT2D eigenvalue weighted by Gasteiger charge is 2.37. The van der Waals surface area contributed by atoms with Gasteiger partial charge in [-0.2, -0.15) is 0 Å². The van der Waals surface area contributed by atoms with Crippen LogP contribution >= 0.6 is 0 Å². The average Bonchev–Trinajstić information content (AvgIpc) is 2.73. The predicted molar refractivity (Wildman–Crippen MR) is 112 cm³/mol. The van der Waals surface area contributed by atoms with Gasteiger partial charge in [-0.05, 0) is 56.4 Å². The van der Waals surface area contributed by atoms with Crippen LogP contribution in [-0.4, -0.2) is 38.0 Å². The molecule has 2 heterocycles. The number of anilines is 2. The van der Waals surface area contributed by atoms with Crippen molar-refractivity contribution in [1.82, 2.24) is 5.32 Å². The highest BCUT2D eigenvalue weighted by atomic mass is 16.2. The monoisotopic (exact) mass is 377 g/mol. The Kier molecular flexibility index (Phi) is 5.07. The lowest BCUT2D eigenvalue weighted by atomic mass is 9.96. The molecule has 146 valence electrons. The molecule has 0 spiro atoms. The van der Waals surface area contributed by atoms with E-state index in [1.807, 2.05) is 25.2 Å². The number of nitrogens with zero attached hydrogens (tertiary/aromatic N) is 2. The van der Waals surface area contributed by atoms with Gasteiger partial charge in [0, 0.05) is 25.7 Å². The Labute approximate surface area is 166 Å². The van der Waals surface area contributed by atoms with E-state index in [1.54, 1.807) is 4.90 Å². The van der Waals surface area contributed by atoms with Crippen LogP contribution in [0.25, 0.3) is 0 Å². The van der Waals surface area contributed by atoms with E-state index in [-0.39, 0.29) is 17.9 Å². The van der Waals surface area contributed by atoms with Crippen LogP contribution in [0.2, 0.25) is 0 Å². The fourth-order valence-electron chi connectivity index (χ4n) is 4.17. The van der Waals surface area contributed by atoms with Crippen LogP contribution < -0.4 is 15.1 Å². The highest BCUT2D eigenvalue weighted by Crippen LogP contribution is 2.39. The summed E-state index contributed by atoms with van der Waals surface area (Å²) in [6.45, 7) is 3.55. The largest absolute Gasteiger partial charge is 0.358 e. The smallest absolute Gasteiger partial charge is 0.251 e. The molecule has 2 aliphatic rings. The zero-order valence-electron chi connectivity index (χ0n) is 16.6. The zero-order valence-corrected chi connectivity index (χ0v) is 16.6. The summed E-state index contributed by atoms with van der Waals surface area (Å²) in [6.07, 6.45) is 3.90. The first-order chi connectivity index (χ1) is 13.5. The van der Waals surface area contributed by atoms with Gasteiger partial charge in [0.25, 0.3) is 5.91 Å². The lowest BCUT2D eigenvalue weighted by Gasteiger charge is -2.44. The molecule has 1 saturated heterocycles. The second-order valence-electron chi connectivity index (χ2n) is 7.80. The van der Waals surface area contributed by atoms with Crippen molar-refractivity contribution in [3.8, 4) is 0 Å². The minimum atomic E-state index is -0.100. The normalized spacial score (nSPS) is 18.5. The molecule has 2 amide bonds. The van der Waals surface area contributed by atoms with Crippen LogP contribution in [0.15, 0.2) is 42.5 Å². The van der Waals surface area contributed by atoms with E-state index in [4.69, 9.17) is 0 Å². The van der Waals surface area contributed by atoms with Gasteiger partial charge in [-0.25, -0.2) is 0 Å². The fourth-order valence-corrected chi connectivity index (χ4v) is 4.17. The second-order valence-corrected chi connectivity index (χ2v) is 7.80. The van der Waals surface area contributed by atoms with Gasteiger partial charge in [-0.1, -0.05) is 29.8 Å². The summed E-state index contributed by atoms with van der Waals surface area (Å²) in [5, 5.41) is 3.00. The van der Waals surface area contributed by atoms with Crippen molar-refractivity contribution in [3.05, 3.63) is 59.2 Å². The first kappa shape index (κ1) is 18.5. The second kappa shape index (κ2) is 7.66. The van der Waals surface area contributed by atoms with E-state index in [1.165, 1.54) is 11.1 Å². The number of carbonyl (C=O) groups is 2. The lowest BCUT2D eigenvalue weighted by Crippen LogP contribution is -2.54. The number of hydrogen-bond donors (Lipinski definition) is 1. The number of nitrogens with one attached hydrogen (secondary N) is 1. The van der Waals surface area contributed by atoms with E-state index < -0.39 is 0 Å². The molecule has 0 saturated carbocycles. The van der Waals surface area contributed by atoms with Gasteiger partial charge in [0.05, 0.1) is 11.4 Å². The third-order valence-electron chi connectivity index (χ3n) is 5.85. The molecule has 0 bridgehead atoms. The molecule has 28 heavy (non-hydrogen) atoms. The van der Waals surface area contributed by atoms with Gasteiger partial charge in [0.1, 0.15) is 6.04 Å². The minimum Gasteiger partial charge on any atom is -0.358 e. The molecule has 5 heteroatoms. The molecule has 2 aromatic rings. The van der Waals surface area contributed by atoms with Gasteiger partial charge < -0.3 is 15.1 Å². The number of aryl methyl sites for hydroxylation is 1. The fraction of sp³-hybridized carbons (Fsp3) is 0.391. The van der Waals surface area contributed by atoms with Crippen molar-refractivity contribution < 1.29 is 9.59 Å². The maximum Gasteiger partial charge on any atom is 0.251 e. The Morgan fingerprint density at radius 2 is 1.89 bits per heavy atom. The summed E-state index contributed by atoms with van der Waals surface area (Å²) in [5.41, 5.74) is 4.92. The maximum absolute atomic E-state index is 12.7. The summed E-state index contributed by atoms with van der Waals surface area (Å²) in [4.78, 5) is 29.3. The Morgan fingerprint density at radius 1 is 1.11 bits per heavy atom. The number of benzene rings is 2. The van der Waals surface area contributed by atoms with E-state index in [2.05, 4.69) is 41.4 Å². The summed E-state index contributed by atoms with van der Waals surface area (Å²) in [7, 11) is 1.81. The molecule has 0 aromatic heterocycles. The van der Waals surface area contributed by atoms with Gasteiger partial charge in [-0.15, -0.1) is 0 Å². The average molecular weight is 377 g/mol. The first-order valence-corrected chi connectivity index (χ1v) is 10.1. The van der Waals surface area contributed by atoms with E-state index in [0.29, 0.717) is 12.1 Å². The number of rotatable bonds is 4. The van der Waals surface area contributed by atoms with Gasteiger partial charge >= 0.3 is 0 Å². The van der Waals surface area contributed by atoms with Crippen LogP contribution in [0.1, 0.15) is 40.7 Å². The lowest BCUT2D eigenvalue weighted by molar-refractivity contribution is -0.120. The maximum atomic E-state index is 12.7. The molecule has 2 aliphatic heterocycles. The van der Waals surface area contributed by atoms with Crippen molar-refractivity contribution >= 4 is 23.2 Å². The molecule has 1 fully saturated rings. The van der Waals surface area contributed by atoms with E-state index in [9.17, 15) is 9.59 Å². The number of amides is 2. The van der Waals surface area contributed by atoms with Gasteiger partial charge in [-0.3, -0.25) is 9.59 Å². The quantitative estimate of drug-likeness (QED) is 0.889. The summed E-state index contributed by atoms with van der Waals surface area (Å²) >= 11 is 0. The number of likely N-dealkylation sites (N-methyl/N-ethyl adjacent to an activating group) is 1. The first-order valence-electron chi connectivity index (χ1n) is 10.1. The number of piperidine rings is 1. The van der Waals surface area contributed by atoms with Crippen molar-refractivity contribution in [3.63, 3.8) is 0 Å². The van der Waals surface area contributed by atoms with Crippen LogP contribution in [0.4, 0.5) is 11.4 Å². The standard InChI is InChI=1S/C23H27N3O2/c1-16-6-8-17(9-7-16)12-13-24-22(27)18-10-11-19-21(15-18)25(2)23(28)20-5-3-4-14-26(19)20/h6-11,15,20H,3-5,12-14H2,1-2H3,(H,24,27)/t20-/m1/s1. The third kappa shape index (κ3) is 3.49. The Bertz CT molecular complexity index is 891. The van der Waals surface area contributed by atoms with Gasteiger partial charge in [0.15, 0.2) is 0 Å². The Hall–Kier alpha value is -2.82. The van der Waals surface area contributed by atoms with Crippen LogP contribution in [-0.2, 0) is 11.2 Å². The van der Waals surface area contributed by atoms with Crippen LogP contribution in [0, 0.1) is 6.92 Å². The molecule has 1 atom stereocenters. The van der Waals surface area contributed by atoms with E-state index >= 15 is 0 Å². The third-order valence-corrected chi connectivity index (χ3v) is 5.85. The Balaban J connectivity index is 1.46. The zero-order chi connectivity index (χ0) is 19.7. The SMILES string of the molecule is Cc1ccc(CCNC(=O)c2ccc3c(c2)N(C)C(=O)[C@H]2CCCCN32)cc1. The van der Waals surface area contributed by atoms with Crippen LogP contribution in [0.5, 0.6) is 0 Å².